The third-order valence-corrected chi connectivity index (χ3v) is 4.51. The average molecular weight is 295 g/mol. The van der Waals surface area contributed by atoms with Crippen molar-refractivity contribution in [2.45, 2.75) is 56.9 Å². The van der Waals surface area contributed by atoms with E-state index in [0.29, 0.717) is 6.54 Å². The fourth-order valence-electron chi connectivity index (χ4n) is 2.98. The zero-order valence-electron chi connectivity index (χ0n) is 13.5. The van der Waals surface area contributed by atoms with E-state index in [1.807, 2.05) is 11.9 Å². The van der Waals surface area contributed by atoms with E-state index in [-0.39, 0.29) is 12.5 Å². The Balaban J connectivity index is 2.44. The SMILES string of the molecule is CN(CCCCCO)CC(=O)N(C)C1(C#N)CCCCC1. The van der Waals surface area contributed by atoms with Crippen LogP contribution in [0.4, 0.5) is 0 Å². The second kappa shape index (κ2) is 9.01. The van der Waals surface area contributed by atoms with Gasteiger partial charge >= 0.3 is 0 Å². The summed E-state index contributed by atoms with van der Waals surface area (Å²) in [5.41, 5.74) is -0.590. The van der Waals surface area contributed by atoms with Crippen LogP contribution in [0.15, 0.2) is 0 Å². The Morgan fingerprint density at radius 1 is 1.19 bits per heavy atom. The van der Waals surface area contributed by atoms with Gasteiger partial charge in [-0.3, -0.25) is 9.69 Å². The molecule has 1 aliphatic carbocycles. The zero-order chi connectivity index (χ0) is 15.7. The molecule has 1 rings (SSSR count). The van der Waals surface area contributed by atoms with E-state index in [2.05, 4.69) is 6.07 Å². The highest BCUT2D eigenvalue weighted by Gasteiger charge is 2.38. The van der Waals surface area contributed by atoms with Crippen molar-refractivity contribution in [2.75, 3.05) is 33.8 Å². The van der Waals surface area contributed by atoms with Crippen LogP contribution in [-0.4, -0.2) is 60.1 Å². The number of aliphatic hydroxyl groups excluding tert-OH is 1. The van der Waals surface area contributed by atoms with Crippen LogP contribution in [-0.2, 0) is 4.79 Å². The number of amides is 1. The summed E-state index contributed by atoms with van der Waals surface area (Å²) in [4.78, 5) is 16.1. The van der Waals surface area contributed by atoms with Gasteiger partial charge in [0.25, 0.3) is 0 Å². The minimum absolute atomic E-state index is 0.0307. The molecule has 0 aromatic carbocycles. The van der Waals surface area contributed by atoms with Crippen molar-refractivity contribution in [1.29, 1.82) is 5.26 Å². The van der Waals surface area contributed by atoms with Crippen molar-refractivity contribution in [1.82, 2.24) is 9.80 Å². The second-order valence-corrected chi connectivity index (χ2v) is 6.18. The molecule has 0 bridgehead atoms. The molecule has 0 unspecified atom stereocenters. The van der Waals surface area contributed by atoms with E-state index >= 15 is 0 Å². The van der Waals surface area contributed by atoms with Gasteiger partial charge in [-0.05, 0) is 45.7 Å². The van der Waals surface area contributed by atoms with Gasteiger partial charge in [-0.25, -0.2) is 0 Å². The molecular formula is C16H29N3O2. The number of hydrogen-bond donors (Lipinski definition) is 1. The van der Waals surface area contributed by atoms with Crippen molar-refractivity contribution in [3.63, 3.8) is 0 Å². The normalized spacial score (nSPS) is 17.5. The average Bonchev–Trinajstić information content (AvgIpc) is 2.51. The van der Waals surface area contributed by atoms with Crippen molar-refractivity contribution in [3.8, 4) is 6.07 Å². The molecule has 21 heavy (non-hydrogen) atoms. The molecule has 0 heterocycles. The maximum absolute atomic E-state index is 12.4. The second-order valence-electron chi connectivity index (χ2n) is 6.18. The van der Waals surface area contributed by atoms with Crippen molar-refractivity contribution in [2.24, 2.45) is 0 Å². The van der Waals surface area contributed by atoms with E-state index in [1.165, 1.54) is 0 Å². The van der Waals surface area contributed by atoms with Gasteiger partial charge in [0, 0.05) is 13.7 Å². The number of unbranched alkanes of at least 4 members (excludes halogenated alkanes) is 2. The standard InChI is InChI=1S/C16H29N3O2/c1-18(11-7-4-8-12-20)13-15(21)19(2)16(14-17)9-5-3-6-10-16/h20H,3-13H2,1-2H3. The zero-order valence-corrected chi connectivity index (χ0v) is 13.5. The Morgan fingerprint density at radius 2 is 1.86 bits per heavy atom. The first kappa shape index (κ1) is 17.9. The molecule has 120 valence electrons. The summed E-state index contributed by atoms with van der Waals surface area (Å²) in [7, 11) is 3.71. The van der Waals surface area contributed by atoms with Crippen LogP contribution in [0.25, 0.3) is 0 Å². The molecule has 1 N–H and O–H groups in total. The summed E-state index contributed by atoms with van der Waals surface area (Å²) in [6.45, 7) is 1.44. The largest absolute Gasteiger partial charge is 0.396 e. The fraction of sp³-hybridized carbons (Fsp3) is 0.875. The van der Waals surface area contributed by atoms with E-state index in [1.54, 1.807) is 11.9 Å². The summed E-state index contributed by atoms with van der Waals surface area (Å²) in [6, 6.07) is 2.39. The van der Waals surface area contributed by atoms with Gasteiger partial charge in [0.1, 0.15) is 5.54 Å². The summed E-state index contributed by atoms with van der Waals surface area (Å²) in [6.07, 6.45) is 7.60. The van der Waals surface area contributed by atoms with Crippen molar-refractivity contribution >= 4 is 5.91 Å². The van der Waals surface area contributed by atoms with Crippen LogP contribution >= 0.6 is 0 Å². The Kier molecular flexibility index (Phi) is 7.69. The lowest BCUT2D eigenvalue weighted by molar-refractivity contribution is -0.135. The highest BCUT2D eigenvalue weighted by atomic mass is 16.2. The van der Waals surface area contributed by atoms with Gasteiger partial charge in [-0.15, -0.1) is 0 Å². The molecule has 1 saturated carbocycles. The number of carbonyl (C=O) groups is 1. The van der Waals surface area contributed by atoms with E-state index < -0.39 is 5.54 Å². The van der Waals surface area contributed by atoms with E-state index in [9.17, 15) is 10.1 Å². The molecule has 0 aromatic heterocycles. The Bertz CT molecular complexity index is 359. The quantitative estimate of drug-likeness (QED) is 0.693. The minimum Gasteiger partial charge on any atom is -0.396 e. The summed E-state index contributed by atoms with van der Waals surface area (Å²) < 4.78 is 0. The third kappa shape index (κ3) is 5.29. The van der Waals surface area contributed by atoms with Crippen LogP contribution in [0.2, 0.25) is 0 Å². The summed E-state index contributed by atoms with van der Waals surface area (Å²) in [5, 5.41) is 18.3. The third-order valence-electron chi connectivity index (χ3n) is 4.51. The minimum atomic E-state index is -0.590. The predicted octanol–water partition coefficient (Wildman–Crippen LogP) is 1.77. The van der Waals surface area contributed by atoms with Crippen LogP contribution in [0.3, 0.4) is 0 Å². The number of likely N-dealkylation sites (N-methyl/N-ethyl adjacent to an activating group) is 2. The van der Waals surface area contributed by atoms with Crippen LogP contribution in [0.5, 0.6) is 0 Å². The van der Waals surface area contributed by atoms with Gasteiger partial charge in [-0.2, -0.15) is 5.26 Å². The molecule has 0 aromatic rings. The predicted molar refractivity (Wildman–Crippen MR) is 82.6 cm³/mol. The Morgan fingerprint density at radius 3 is 2.43 bits per heavy atom. The lowest BCUT2D eigenvalue weighted by atomic mass is 9.81. The number of rotatable bonds is 8. The first-order valence-electron chi connectivity index (χ1n) is 8.03. The van der Waals surface area contributed by atoms with Gasteiger partial charge in [-0.1, -0.05) is 19.3 Å². The maximum atomic E-state index is 12.4. The topological polar surface area (TPSA) is 67.6 Å². The molecule has 0 aliphatic heterocycles. The molecule has 5 nitrogen and oxygen atoms in total. The molecule has 5 heteroatoms. The van der Waals surface area contributed by atoms with Gasteiger partial charge in [0.05, 0.1) is 12.6 Å². The van der Waals surface area contributed by atoms with Gasteiger partial charge in [0.2, 0.25) is 5.91 Å². The number of nitriles is 1. The van der Waals surface area contributed by atoms with Crippen LogP contribution in [0.1, 0.15) is 51.4 Å². The lowest BCUT2D eigenvalue weighted by Crippen LogP contribution is -2.52. The summed E-state index contributed by atoms with van der Waals surface area (Å²) >= 11 is 0. The highest BCUT2D eigenvalue weighted by Crippen LogP contribution is 2.32. The first-order valence-corrected chi connectivity index (χ1v) is 8.03. The molecule has 0 radical (unpaired) electrons. The Hall–Kier alpha value is -1.12. The highest BCUT2D eigenvalue weighted by molar-refractivity contribution is 5.79. The van der Waals surface area contributed by atoms with Crippen molar-refractivity contribution in [3.05, 3.63) is 0 Å². The molecule has 1 aliphatic rings. The van der Waals surface area contributed by atoms with Gasteiger partial charge < -0.3 is 10.0 Å². The molecular weight excluding hydrogens is 266 g/mol. The Labute approximate surface area is 128 Å². The van der Waals surface area contributed by atoms with E-state index in [4.69, 9.17) is 5.11 Å². The van der Waals surface area contributed by atoms with Gasteiger partial charge in [0.15, 0.2) is 0 Å². The number of aliphatic hydroxyl groups is 1. The number of hydrogen-bond acceptors (Lipinski definition) is 4. The number of nitrogens with zero attached hydrogens (tertiary/aromatic N) is 3. The summed E-state index contributed by atoms with van der Waals surface area (Å²) in [5.74, 6) is 0.0307. The molecule has 1 amide bonds. The fourth-order valence-corrected chi connectivity index (χ4v) is 2.98. The monoisotopic (exact) mass is 295 g/mol. The number of carbonyl (C=O) groups excluding carboxylic acids is 1. The lowest BCUT2D eigenvalue weighted by Gasteiger charge is -2.39. The van der Waals surface area contributed by atoms with E-state index in [0.717, 1.165) is 57.9 Å². The molecule has 0 atom stereocenters. The maximum Gasteiger partial charge on any atom is 0.237 e. The smallest absolute Gasteiger partial charge is 0.237 e. The van der Waals surface area contributed by atoms with Crippen LogP contribution in [0, 0.1) is 11.3 Å². The molecule has 0 spiro atoms. The van der Waals surface area contributed by atoms with Crippen LogP contribution < -0.4 is 0 Å². The molecule has 1 fully saturated rings. The molecule has 0 saturated heterocycles. The van der Waals surface area contributed by atoms with Crippen molar-refractivity contribution < 1.29 is 9.90 Å². The first-order chi connectivity index (χ1) is 10.1.